The second kappa shape index (κ2) is 13.4. The monoisotopic (exact) mass is 802 g/mol. The first-order valence-electron chi connectivity index (χ1n) is 24.2. The van der Waals surface area contributed by atoms with E-state index in [1.807, 2.05) is 103 Å². The van der Waals surface area contributed by atoms with Crippen molar-refractivity contribution in [3.8, 4) is 78.9 Å². The van der Waals surface area contributed by atoms with E-state index in [9.17, 15) is 11.0 Å². The molecule has 0 amide bonds. The molecule has 290 valence electrons. The van der Waals surface area contributed by atoms with Crippen molar-refractivity contribution in [1.29, 1.82) is 0 Å². The van der Waals surface area contributed by atoms with Crippen molar-refractivity contribution in [1.82, 2.24) is 9.97 Å². The molecule has 0 saturated carbocycles. The molecule has 0 unspecified atom stereocenters. The molecule has 5 heteroatoms. The summed E-state index contributed by atoms with van der Waals surface area (Å²) in [5, 5.41) is 0. The predicted octanol–water partition coefficient (Wildman–Crippen LogP) is 14.8. The van der Waals surface area contributed by atoms with Crippen LogP contribution < -0.4 is 4.74 Å². The van der Waals surface area contributed by atoms with Gasteiger partial charge in [0.15, 0.2) is 11.2 Å². The van der Waals surface area contributed by atoms with Gasteiger partial charge in [0.25, 0.3) is 0 Å². The Bertz CT molecular complexity index is 3810. The number of benzene rings is 9. The van der Waals surface area contributed by atoms with Crippen molar-refractivity contribution < 1.29 is 24.5 Å². The van der Waals surface area contributed by atoms with E-state index in [-0.39, 0.29) is 51.7 Å². The molecule has 3 heterocycles. The summed E-state index contributed by atoms with van der Waals surface area (Å²) in [5.74, 6) is 1.91. The maximum atomic E-state index is 9.52. The molecule has 13 rings (SSSR count). The van der Waals surface area contributed by atoms with Crippen molar-refractivity contribution in [2.75, 3.05) is 0 Å². The van der Waals surface area contributed by atoms with Crippen LogP contribution in [0.4, 0.5) is 0 Å². The minimum Gasteiger partial charge on any atom is -0.457 e. The Morgan fingerprint density at radius 1 is 0.355 bits per heavy atom. The topological polar surface area (TPSA) is 61.3 Å². The van der Waals surface area contributed by atoms with Crippen molar-refractivity contribution in [3.63, 3.8) is 0 Å². The van der Waals surface area contributed by atoms with Gasteiger partial charge in [-0.25, -0.2) is 9.97 Å². The Kier molecular flexibility index (Phi) is 5.92. The summed E-state index contributed by atoms with van der Waals surface area (Å²) >= 11 is 0. The van der Waals surface area contributed by atoms with Crippen LogP contribution in [0.3, 0.4) is 0 Å². The molecule has 0 radical (unpaired) electrons. The fourth-order valence-corrected chi connectivity index (χ4v) is 9.18. The van der Waals surface area contributed by atoms with Gasteiger partial charge in [-0.3, -0.25) is 0 Å². The van der Waals surface area contributed by atoms with E-state index in [1.165, 1.54) is 0 Å². The number of oxazole rings is 2. The molecular weight excluding hydrogens is 761 g/mol. The highest BCUT2D eigenvalue weighted by Gasteiger charge is 2.51. The molecular formula is C57H34N2O3. The average Bonchev–Trinajstić information content (AvgIpc) is 4.10. The Morgan fingerprint density at radius 3 is 1.35 bits per heavy atom. The standard InChI is InChI=1S/C57H34N2O3/c1-2-12-45-43(11-1)44-30-29-39(34-48(44)57(45)46-13-3-7-17-51(46)60-52-18-8-4-14-47(52)57)37-25-21-35(22-26-37)36-23-27-38(28-24-36)40-31-41(55-58-49-15-5-9-19-53(49)61-55)33-42(32-40)56-59-50-16-6-10-20-54(50)62-56/h1-34H/i21D,22D,23D,24D,25D,26D,27D,28D. The maximum Gasteiger partial charge on any atom is 0.227 e. The van der Waals surface area contributed by atoms with Crippen LogP contribution in [0.15, 0.2) is 215 Å². The number of hydrogen-bond donors (Lipinski definition) is 0. The van der Waals surface area contributed by atoms with Crippen LogP contribution in [0, 0.1) is 0 Å². The number of hydrogen-bond acceptors (Lipinski definition) is 5. The molecule has 2 aliphatic rings. The average molecular weight is 803 g/mol. The molecule has 11 aromatic rings. The zero-order valence-electron chi connectivity index (χ0n) is 40.6. The maximum absolute atomic E-state index is 9.52. The summed E-state index contributed by atoms with van der Waals surface area (Å²) in [4.78, 5) is 9.39. The molecule has 0 fully saturated rings. The van der Waals surface area contributed by atoms with Crippen molar-refractivity contribution in [2.45, 2.75) is 5.41 Å². The van der Waals surface area contributed by atoms with Crippen LogP contribution in [0.5, 0.6) is 11.5 Å². The largest absolute Gasteiger partial charge is 0.457 e. The third kappa shape index (κ3) is 5.22. The van der Waals surface area contributed by atoms with Gasteiger partial charge >= 0.3 is 0 Å². The molecule has 1 aliphatic carbocycles. The molecule has 2 aromatic heterocycles. The molecule has 0 bridgehead atoms. The lowest BCUT2D eigenvalue weighted by atomic mass is 9.66. The van der Waals surface area contributed by atoms with Gasteiger partial charge in [-0.05, 0) is 116 Å². The van der Waals surface area contributed by atoms with Crippen LogP contribution in [0.2, 0.25) is 0 Å². The first-order valence-corrected chi connectivity index (χ1v) is 20.2. The van der Waals surface area contributed by atoms with Crippen LogP contribution in [0.25, 0.3) is 89.6 Å². The van der Waals surface area contributed by atoms with Crippen molar-refractivity contribution in [3.05, 3.63) is 228 Å². The second-order valence-electron chi connectivity index (χ2n) is 15.4. The fourth-order valence-electron chi connectivity index (χ4n) is 9.18. The van der Waals surface area contributed by atoms with Crippen LogP contribution in [-0.2, 0) is 5.41 Å². The fraction of sp³-hybridized carbons (Fsp3) is 0.0175. The summed E-state index contributed by atoms with van der Waals surface area (Å²) in [5.41, 5.74) is 8.22. The lowest BCUT2D eigenvalue weighted by Gasteiger charge is -2.39. The van der Waals surface area contributed by atoms with Crippen molar-refractivity contribution >= 4 is 22.2 Å². The molecule has 0 N–H and O–H groups in total. The third-order valence-electron chi connectivity index (χ3n) is 11.9. The van der Waals surface area contributed by atoms with E-state index >= 15 is 0 Å². The molecule has 0 atom stereocenters. The number of aromatic nitrogens is 2. The van der Waals surface area contributed by atoms with E-state index in [4.69, 9.17) is 23.5 Å². The minimum atomic E-state index is -0.840. The van der Waals surface area contributed by atoms with E-state index in [2.05, 4.69) is 24.3 Å². The summed E-state index contributed by atoms with van der Waals surface area (Å²) in [6.07, 6.45) is 0. The molecule has 0 saturated heterocycles. The quantitative estimate of drug-likeness (QED) is 0.173. The normalized spacial score (nSPS) is 14.9. The lowest BCUT2D eigenvalue weighted by Crippen LogP contribution is -2.32. The predicted molar refractivity (Wildman–Crippen MR) is 246 cm³/mol. The zero-order valence-corrected chi connectivity index (χ0v) is 32.6. The van der Waals surface area contributed by atoms with E-state index in [0.29, 0.717) is 50.4 Å². The second-order valence-corrected chi connectivity index (χ2v) is 15.4. The smallest absolute Gasteiger partial charge is 0.227 e. The van der Waals surface area contributed by atoms with Gasteiger partial charge < -0.3 is 13.6 Å². The summed E-state index contributed by atoms with van der Waals surface area (Å²) in [6, 6.07) is 45.8. The lowest BCUT2D eigenvalue weighted by molar-refractivity contribution is 0.436. The number of rotatable bonds is 5. The molecule has 62 heavy (non-hydrogen) atoms. The highest BCUT2D eigenvalue weighted by molar-refractivity contribution is 5.91. The van der Waals surface area contributed by atoms with Crippen LogP contribution in [-0.4, -0.2) is 9.97 Å². The first kappa shape index (κ1) is 27.5. The number of ether oxygens (including phenoxy) is 1. The molecule has 5 nitrogen and oxygen atoms in total. The molecule has 1 spiro atoms. The Labute approximate surface area is 368 Å². The van der Waals surface area contributed by atoms with Crippen LogP contribution in [0.1, 0.15) is 33.2 Å². The Balaban J connectivity index is 0.971. The van der Waals surface area contributed by atoms with Gasteiger partial charge in [0.1, 0.15) is 22.5 Å². The highest BCUT2D eigenvalue weighted by atomic mass is 16.5. The van der Waals surface area contributed by atoms with Gasteiger partial charge in [-0.15, -0.1) is 0 Å². The summed E-state index contributed by atoms with van der Waals surface area (Å²) < 4.78 is 94.5. The number of fused-ring (bicyclic) bond motifs is 11. The van der Waals surface area contributed by atoms with Gasteiger partial charge in [-0.1, -0.05) is 145 Å². The molecule has 1 aliphatic heterocycles. The van der Waals surface area contributed by atoms with Crippen molar-refractivity contribution in [2.24, 2.45) is 0 Å². The third-order valence-corrected chi connectivity index (χ3v) is 11.9. The molecule has 9 aromatic carbocycles. The summed E-state index contributed by atoms with van der Waals surface area (Å²) in [7, 11) is 0. The van der Waals surface area contributed by atoms with E-state index in [1.54, 1.807) is 30.3 Å². The SMILES string of the molecule is [2H]c1c([2H])c(-c2c([2H])c([2H])c(-c3ccc4c(c3)C3(c5ccccc5Oc5ccccc53)c3ccccc3-4)c([2H])c2[2H])c([2H])c([2H])c1-c1cc(-c2nc3ccccc3o2)cc(-c2nc3ccccc3o2)c1. The Hall–Kier alpha value is -8.28. The number of nitrogens with zero attached hydrogens (tertiary/aromatic N) is 2. The van der Waals surface area contributed by atoms with Crippen LogP contribution >= 0.6 is 0 Å². The van der Waals surface area contributed by atoms with Gasteiger partial charge in [0.2, 0.25) is 11.8 Å². The van der Waals surface area contributed by atoms with E-state index < -0.39 is 41.7 Å². The number of para-hydroxylation sites is 6. The highest BCUT2D eigenvalue weighted by Crippen LogP contribution is 2.62. The zero-order chi connectivity index (χ0) is 47.7. The first-order chi connectivity index (χ1) is 34.0. The van der Waals surface area contributed by atoms with Gasteiger partial charge in [0, 0.05) is 22.3 Å². The Morgan fingerprint density at radius 2 is 0.790 bits per heavy atom. The minimum absolute atomic E-state index is 0.0379. The van der Waals surface area contributed by atoms with Gasteiger partial charge in [0.05, 0.1) is 16.4 Å². The van der Waals surface area contributed by atoms with Gasteiger partial charge in [-0.2, -0.15) is 0 Å². The summed E-state index contributed by atoms with van der Waals surface area (Å²) in [6.45, 7) is 0. The van der Waals surface area contributed by atoms with E-state index in [0.717, 1.165) is 33.4 Å².